The molecule has 0 fully saturated rings. The van der Waals surface area contributed by atoms with Crippen molar-refractivity contribution < 1.29 is 35.8 Å². The summed E-state index contributed by atoms with van der Waals surface area (Å²) >= 11 is 0. The molecular formula is C15H7F6NO2. The zero-order valence-electron chi connectivity index (χ0n) is 11.6. The van der Waals surface area contributed by atoms with Crippen LogP contribution in [0.4, 0.5) is 26.3 Å². The highest BCUT2D eigenvalue weighted by molar-refractivity contribution is 5.68. The number of nitrogens with zero attached hydrogens (tertiary/aromatic N) is 1. The van der Waals surface area contributed by atoms with Crippen LogP contribution in [0.1, 0.15) is 5.56 Å². The van der Waals surface area contributed by atoms with Crippen LogP contribution in [-0.2, 0) is 0 Å². The van der Waals surface area contributed by atoms with E-state index in [0.717, 1.165) is 24.3 Å². The van der Waals surface area contributed by atoms with E-state index in [1.165, 1.54) is 18.2 Å². The summed E-state index contributed by atoms with van der Waals surface area (Å²) in [6, 6.07) is 9.55. The minimum Gasteiger partial charge on any atom is -0.406 e. The highest BCUT2D eigenvalue weighted by Crippen LogP contribution is 2.32. The minimum atomic E-state index is -4.96. The fraction of sp³-hybridized carbons (Fsp3) is 0.133. The van der Waals surface area contributed by atoms with E-state index in [2.05, 4.69) is 9.47 Å². The van der Waals surface area contributed by atoms with Crippen LogP contribution < -0.4 is 9.47 Å². The van der Waals surface area contributed by atoms with Gasteiger partial charge in [-0.2, -0.15) is 5.26 Å². The van der Waals surface area contributed by atoms with Crippen molar-refractivity contribution in [2.24, 2.45) is 0 Å². The largest absolute Gasteiger partial charge is 0.573 e. The Kier molecular flexibility index (Phi) is 4.59. The smallest absolute Gasteiger partial charge is 0.406 e. The van der Waals surface area contributed by atoms with Gasteiger partial charge in [0.15, 0.2) is 0 Å². The first kappa shape index (κ1) is 17.5. The fourth-order valence-corrected chi connectivity index (χ4v) is 1.88. The maximum atomic E-state index is 12.2. The van der Waals surface area contributed by atoms with Crippen molar-refractivity contribution in [2.45, 2.75) is 12.7 Å². The van der Waals surface area contributed by atoms with Gasteiger partial charge in [0, 0.05) is 0 Å². The molecule has 0 bridgehead atoms. The molecule has 0 unspecified atom stereocenters. The molecule has 3 nitrogen and oxygen atoms in total. The molecule has 9 heteroatoms. The highest BCUT2D eigenvalue weighted by Gasteiger charge is 2.32. The molecule has 126 valence electrons. The van der Waals surface area contributed by atoms with Gasteiger partial charge in [0.05, 0.1) is 5.56 Å². The van der Waals surface area contributed by atoms with Crippen LogP contribution in [0.3, 0.4) is 0 Å². The number of hydrogen-bond donors (Lipinski definition) is 0. The van der Waals surface area contributed by atoms with Crippen LogP contribution >= 0.6 is 0 Å². The predicted octanol–water partition coefficient (Wildman–Crippen LogP) is 5.02. The van der Waals surface area contributed by atoms with Crippen LogP contribution in [-0.4, -0.2) is 12.7 Å². The molecule has 2 aromatic rings. The van der Waals surface area contributed by atoms with Crippen molar-refractivity contribution in [1.82, 2.24) is 0 Å². The topological polar surface area (TPSA) is 42.2 Å². The SMILES string of the molecule is N#Cc1cc(-c2cccc(OC(F)(F)F)c2)ccc1OC(F)(F)F. The first-order chi connectivity index (χ1) is 11.1. The number of alkyl halides is 6. The Balaban J connectivity index is 2.36. The first-order valence-corrected chi connectivity index (χ1v) is 6.23. The second-order valence-corrected chi connectivity index (χ2v) is 4.45. The third-order valence-electron chi connectivity index (χ3n) is 2.73. The molecule has 0 spiro atoms. The molecule has 0 aliphatic rings. The average Bonchev–Trinajstić information content (AvgIpc) is 2.44. The molecule has 0 aromatic heterocycles. The van der Waals surface area contributed by atoms with Crippen molar-refractivity contribution >= 4 is 0 Å². The van der Waals surface area contributed by atoms with Crippen molar-refractivity contribution in [3.8, 4) is 28.7 Å². The number of benzene rings is 2. The van der Waals surface area contributed by atoms with Gasteiger partial charge in [0.25, 0.3) is 0 Å². The van der Waals surface area contributed by atoms with Gasteiger partial charge < -0.3 is 9.47 Å². The Morgan fingerprint density at radius 2 is 1.42 bits per heavy atom. The Bertz CT molecular complexity index is 777. The molecule has 0 aliphatic heterocycles. The van der Waals surface area contributed by atoms with Crippen molar-refractivity contribution in [1.29, 1.82) is 5.26 Å². The van der Waals surface area contributed by atoms with Gasteiger partial charge in [-0.05, 0) is 35.4 Å². The molecule has 2 rings (SSSR count). The second kappa shape index (κ2) is 6.31. The summed E-state index contributed by atoms with van der Waals surface area (Å²) in [6.45, 7) is 0. The quantitative estimate of drug-likeness (QED) is 0.732. The first-order valence-electron chi connectivity index (χ1n) is 6.23. The van der Waals surface area contributed by atoms with Crippen molar-refractivity contribution in [2.75, 3.05) is 0 Å². The van der Waals surface area contributed by atoms with Crippen molar-refractivity contribution in [3.05, 3.63) is 48.0 Å². The van der Waals surface area contributed by atoms with Gasteiger partial charge in [0.2, 0.25) is 0 Å². The number of nitriles is 1. The van der Waals surface area contributed by atoms with E-state index in [4.69, 9.17) is 5.26 Å². The summed E-state index contributed by atoms with van der Waals surface area (Å²) in [7, 11) is 0. The van der Waals surface area contributed by atoms with E-state index in [1.807, 2.05) is 0 Å². The summed E-state index contributed by atoms with van der Waals surface area (Å²) in [5.74, 6) is -1.19. The maximum absolute atomic E-state index is 12.2. The molecule has 0 atom stereocenters. The van der Waals surface area contributed by atoms with Gasteiger partial charge in [-0.25, -0.2) is 0 Å². The molecule has 0 radical (unpaired) electrons. The van der Waals surface area contributed by atoms with Crippen LogP contribution in [0.15, 0.2) is 42.5 Å². The zero-order valence-corrected chi connectivity index (χ0v) is 11.6. The fourth-order valence-electron chi connectivity index (χ4n) is 1.88. The number of ether oxygens (including phenoxy) is 2. The normalized spacial score (nSPS) is 11.7. The minimum absolute atomic E-state index is 0.229. The highest BCUT2D eigenvalue weighted by atomic mass is 19.4. The van der Waals surface area contributed by atoms with Crippen LogP contribution in [0.2, 0.25) is 0 Å². The van der Waals surface area contributed by atoms with E-state index in [-0.39, 0.29) is 11.1 Å². The van der Waals surface area contributed by atoms with E-state index >= 15 is 0 Å². The lowest BCUT2D eigenvalue weighted by atomic mass is 10.0. The molecule has 0 amide bonds. The van der Waals surface area contributed by atoms with Gasteiger partial charge in [-0.1, -0.05) is 18.2 Å². The van der Waals surface area contributed by atoms with Crippen LogP contribution in [0.5, 0.6) is 11.5 Å². The van der Waals surface area contributed by atoms with Gasteiger partial charge >= 0.3 is 12.7 Å². The summed E-state index contributed by atoms with van der Waals surface area (Å²) in [4.78, 5) is 0. The summed E-state index contributed by atoms with van der Waals surface area (Å²) < 4.78 is 80.8. The molecule has 24 heavy (non-hydrogen) atoms. The molecule has 2 aromatic carbocycles. The standard InChI is InChI=1S/C15H7F6NO2/c16-14(17,18)23-12-3-1-2-9(7-12)10-4-5-13(11(6-10)8-22)24-15(19,20)21/h1-7H. The average molecular weight is 347 g/mol. The third kappa shape index (κ3) is 4.81. The van der Waals surface area contributed by atoms with Gasteiger partial charge in [0.1, 0.15) is 17.6 Å². The van der Waals surface area contributed by atoms with Crippen LogP contribution in [0, 0.1) is 11.3 Å². The van der Waals surface area contributed by atoms with E-state index < -0.39 is 29.8 Å². The molecule has 0 N–H and O–H groups in total. The lowest BCUT2D eigenvalue weighted by Gasteiger charge is -2.12. The Morgan fingerprint density at radius 1 is 0.792 bits per heavy atom. The monoisotopic (exact) mass is 347 g/mol. The zero-order chi connectivity index (χ0) is 18.0. The van der Waals surface area contributed by atoms with E-state index in [0.29, 0.717) is 0 Å². The number of hydrogen-bond acceptors (Lipinski definition) is 3. The molecule has 0 saturated heterocycles. The lowest BCUT2D eigenvalue weighted by molar-refractivity contribution is -0.275. The van der Waals surface area contributed by atoms with E-state index in [9.17, 15) is 26.3 Å². The maximum Gasteiger partial charge on any atom is 0.573 e. The van der Waals surface area contributed by atoms with Crippen molar-refractivity contribution in [3.63, 3.8) is 0 Å². The third-order valence-corrected chi connectivity index (χ3v) is 2.73. The van der Waals surface area contributed by atoms with Gasteiger partial charge in [-0.15, -0.1) is 26.3 Å². The Hall–Kier alpha value is -2.89. The molecule has 0 aliphatic carbocycles. The van der Waals surface area contributed by atoms with Gasteiger partial charge in [-0.3, -0.25) is 0 Å². The predicted molar refractivity (Wildman–Crippen MR) is 70.0 cm³/mol. The summed E-state index contributed by atoms with van der Waals surface area (Å²) in [6.07, 6.45) is -9.84. The second-order valence-electron chi connectivity index (χ2n) is 4.45. The molecule has 0 saturated carbocycles. The lowest BCUT2D eigenvalue weighted by Crippen LogP contribution is -2.17. The Labute approximate surface area is 131 Å². The molecular weight excluding hydrogens is 340 g/mol. The number of rotatable bonds is 3. The summed E-state index contributed by atoms with van der Waals surface area (Å²) in [5.41, 5.74) is 0.0486. The van der Waals surface area contributed by atoms with E-state index in [1.54, 1.807) is 6.07 Å². The Morgan fingerprint density at radius 3 is 2.00 bits per heavy atom. The summed E-state index contributed by atoms with van der Waals surface area (Å²) in [5, 5.41) is 8.92. The number of halogens is 6. The molecule has 0 heterocycles. The van der Waals surface area contributed by atoms with Crippen LogP contribution in [0.25, 0.3) is 11.1 Å².